The van der Waals surface area contributed by atoms with Gasteiger partial charge in [0.2, 0.25) is 0 Å². The predicted octanol–water partition coefficient (Wildman–Crippen LogP) is 3.27. The molecule has 0 atom stereocenters. The highest BCUT2D eigenvalue weighted by Crippen LogP contribution is 2.07. The summed E-state index contributed by atoms with van der Waals surface area (Å²) in [5.74, 6) is 0.851. The molecule has 0 saturated heterocycles. The molecule has 0 amide bonds. The quantitative estimate of drug-likeness (QED) is 0.459. The Kier molecular flexibility index (Phi) is 8.29. The van der Waals surface area contributed by atoms with E-state index in [2.05, 4.69) is 57.4 Å². The molecular formula is C15H20IN3S. The van der Waals surface area contributed by atoms with Gasteiger partial charge < -0.3 is 10.6 Å². The molecule has 0 aliphatic heterocycles. The second-order valence-corrected chi connectivity index (χ2v) is 5.20. The van der Waals surface area contributed by atoms with E-state index >= 15 is 0 Å². The van der Waals surface area contributed by atoms with E-state index in [0.717, 1.165) is 25.5 Å². The average Bonchev–Trinajstić information content (AvgIpc) is 2.97. The van der Waals surface area contributed by atoms with E-state index in [9.17, 15) is 0 Å². The molecular weight excluding hydrogens is 381 g/mol. The fourth-order valence-corrected chi connectivity index (χ4v) is 2.42. The van der Waals surface area contributed by atoms with Gasteiger partial charge in [-0.25, -0.2) is 0 Å². The molecule has 0 spiro atoms. The molecule has 0 aliphatic carbocycles. The van der Waals surface area contributed by atoms with Crippen LogP contribution in [0.3, 0.4) is 0 Å². The van der Waals surface area contributed by atoms with E-state index in [1.165, 1.54) is 10.4 Å². The molecule has 108 valence electrons. The van der Waals surface area contributed by atoms with Crippen LogP contribution in [0.1, 0.15) is 10.4 Å². The number of rotatable bonds is 5. The lowest BCUT2D eigenvalue weighted by atomic mass is 10.1. The van der Waals surface area contributed by atoms with Gasteiger partial charge in [0.15, 0.2) is 5.96 Å². The van der Waals surface area contributed by atoms with Crippen LogP contribution >= 0.6 is 35.3 Å². The maximum Gasteiger partial charge on any atom is 0.191 e. The highest BCUT2D eigenvalue weighted by molar-refractivity contribution is 14.0. The lowest BCUT2D eigenvalue weighted by Gasteiger charge is -2.11. The summed E-state index contributed by atoms with van der Waals surface area (Å²) in [6, 6.07) is 14.6. The van der Waals surface area contributed by atoms with E-state index in [4.69, 9.17) is 0 Å². The molecule has 2 N–H and O–H groups in total. The summed E-state index contributed by atoms with van der Waals surface area (Å²) in [6.45, 7) is 1.71. The Morgan fingerprint density at radius 3 is 2.55 bits per heavy atom. The molecule has 0 aliphatic rings. The Balaban J connectivity index is 0.00000200. The van der Waals surface area contributed by atoms with Crippen LogP contribution in [-0.2, 0) is 13.0 Å². The van der Waals surface area contributed by atoms with Crippen LogP contribution in [0.2, 0.25) is 0 Å². The largest absolute Gasteiger partial charge is 0.356 e. The first-order valence-corrected chi connectivity index (χ1v) is 7.27. The van der Waals surface area contributed by atoms with Gasteiger partial charge in [-0.1, -0.05) is 36.4 Å². The van der Waals surface area contributed by atoms with E-state index in [1.54, 1.807) is 18.4 Å². The fourth-order valence-electron chi connectivity index (χ4n) is 1.77. The topological polar surface area (TPSA) is 36.4 Å². The summed E-state index contributed by atoms with van der Waals surface area (Å²) in [5.41, 5.74) is 1.34. The summed E-state index contributed by atoms with van der Waals surface area (Å²) in [6.07, 6.45) is 1.00. The van der Waals surface area contributed by atoms with Gasteiger partial charge in [0, 0.05) is 18.5 Å². The Morgan fingerprint density at radius 1 is 1.10 bits per heavy atom. The highest BCUT2D eigenvalue weighted by atomic mass is 127. The Morgan fingerprint density at radius 2 is 1.90 bits per heavy atom. The van der Waals surface area contributed by atoms with Gasteiger partial charge in [0.1, 0.15) is 0 Å². The highest BCUT2D eigenvalue weighted by Gasteiger charge is 1.98. The number of aliphatic imine (C=N–C) groups is 1. The Hall–Kier alpha value is -1.08. The van der Waals surface area contributed by atoms with Crippen molar-refractivity contribution in [1.82, 2.24) is 10.6 Å². The molecule has 1 aromatic carbocycles. The van der Waals surface area contributed by atoms with Crippen molar-refractivity contribution in [1.29, 1.82) is 0 Å². The minimum absolute atomic E-state index is 0. The molecule has 2 aromatic rings. The van der Waals surface area contributed by atoms with Gasteiger partial charge >= 0.3 is 0 Å². The van der Waals surface area contributed by atoms with Crippen molar-refractivity contribution in [3.05, 3.63) is 58.3 Å². The number of hydrogen-bond donors (Lipinski definition) is 2. The van der Waals surface area contributed by atoms with E-state index in [0.29, 0.717) is 0 Å². The van der Waals surface area contributed by atoms with Gasteiger partial charge in [0.25, 0.3) is 0 Å². The van der Waals surface area contributed by atoms with Gasteiger partial charge in [-0.3, -0.25) is 4.99 Å². The summed E-state index contributed by atoms with van der Waals surface area (Å²) in [5, 5.41) is 8.72. The minimum atomic E-state index is 0. The molecule has 20 heavy (non-hydrogen) atoms. The first-order valence-electron chi connectivity index (χ1n) is 6.39. The number of halogens is 1. The monoisotopic (exact) mass is 401 g/mol. The third-order valence-corrected chi connectivity index (χ3v) is 3.66. The van der Waals surface area contributed by atoms with Crippen molar-refractivity contribution in [3.63, 3.8) is 0 Å². The van der Waals surface area contributed by atoms with Gasteiger partial charge in [0.05, 0.1) is 6.54 Å². The van der Waals surface area contributed by atoms with E-state index in [1.807, 2.05) is 6.07 Å². The molecule has 0 fully saturated rings. The maximum absolute atomic E-state index is 4.22. The van der Waals surface area contributed by atoms with Crippen LogP contribution in [0, 0.1) is 0 Å². The minimum Gasteiger partial charge on any atom is -0.356 e. The third-order valence-electron chi connectivity index (χ3n) is 2.78. The number of guanidine groups is 1. The zero-order valence-electron chi connectivity index (χ0n) is 11.5. The number of benzene rings is 1. The van der Waals surface area contributed by atoms with Crippen LogP contribution in [-0.4, -0.2) is 19.6 Å². The molecule has 2 rings (SSSR count). The zero-order chi connectivity index (χ0) is 13.3. The zero-order valence-corrected chi connectivity index (χ0v) is 14.7. The lowest BCUT2D eigenvalue weighted by molar-refractivity contribution is 0.799. The summed E-state index contributed by atoms with van der Waals surface area (Å²) in [4.78, 5) is 5.53. The number of nitrogens with one attached hydrogen (secondary N) is 2. The summed E-state index contributed by atoms with van der Waals surface area (Å²) < 4.78 is 0. The first kappa shape index (κ1) is 17.0. The first-order chi connectivity index (χ1) is 9.38. The molecule has 0 radical (unpaired) electrons. The molecule has 1 heterocycles. The van der Waals surface area contributed by atoms with Crippen molar-refractivity contribution >= 4 is 41.3 Å². The van der Waals surface area contributed by atoms with Crippen LogP contribution in [0.15, 0.2) is 52.8 Å². The van der Waals surface area contributed by atoms with Crippen molar-refractivity contribution in [2.45, 2.75) is 13.0 Å². The van der Waals surface area contributed by atoms with Crippen LogP contribution in [0.5, 0.6) is 0 Å². The van der Waals surface area contributed by atoms with Crippen molar-refractivity contribution in [3.8, 4) is 0 Å². The molecule has 0 saturated carbocycles. The van der Waals surface area contributed by atoms with Crippen LogP contribution in [0.25, 0.3) is 0 Å². The van der Waals surface area contributed by atoms with E-state index < -0.39 is 0 Å². The second-order valence-electron chi connectivity index (χ2n) is 4.17. The molecule has 3 nitrogen and oxygen atoms in total. The predicted molar refractivity (Wildman–Crippen MR) is 98.1 cm³/mol. The number of hydrogen-bond acceptors (Lipinski definition) is 2. The smallest absolute Gasteiger partial charge is 0.191 e. The SMILES string of the molecule is CN=C(NCCc1ccccc1)NCc1cccs1.I. The Bertz CT molecular complexity index is 497. The van der Waals surface area contributed by atoms with Crippen LogP contribution in [0.4, 0.5) is 0 Å². The van der Waals surface area contributed by atoms with E-state index in [-0.39, 0.29) is 24.0 Å². The summed E-state index contributed by atoms with van der Waals surface area (Å²) >= 11 is 1.75. The molecule has 1 aromatic heterocycles. The standard InChI is InChI=1S/C15H19N3S.HI/c1-16-15(18-12-14-8-5-11-19-14)17-10-9-13-6-3-2-4-7-13;/h2-8,11H,9-10,12H2,1H3,(H2,16,17,18);1H. The van der Waals surface area contributed by atoms with Crippen molar-refractivity contribution in [2.24, 2.45) is 4.99 Å². The lowest BCUT2D eigenvalue weighted by Crippen LogP contribution is -2.37. The third kappa shape index (κ3) is 5.92. The van der Waals surface area contributed by atoms with Gasteiger partial charge in [-0.15, -0.1) is 35.3 Å². The van der Waals surface area contributed by atoms with Crippen LogP contribution < -0.4 is 10.6 Å². The van der Waals surface area contributed by atoms with Gasteiger partial charge in [-0.05, 0) is 23.4 Å². The Labute approximate surface area is 141 Å². The molecule has 5 heteroatoms. The second kappa shape index (κ2) is 9.77. The number of thiophene rings is 1. The normalized spacial score (nSPS) is 10.8. The average molecular weight is 401 g/mol. The maximum atomic E-state index is 4.22. The van der Waals surface area contributed by atoms with Gasteiger partial charge in [-0.2, -0.15) is 0 Å². The molecule has 0 bridgehead atoms. The van der Waals surface area contributed by atoms with Crippen molar-refractivity contribution < 1.29 is 0 Å². The number of nitrogens with zero attached hydrogens (tertiary/aromatic N) is 1. The fraction of sp³-hybridized carbons (Fsp3) is 0.267. The van der Waals surface area contributed by atoms with Crippen molar-refractivity contribution in [2.75, 3.05) is 13.6 Å². The summed E-state index contributed by atoms with van der Waals surface area (Å²) in [7, 11) is 1.80. The molecule has 0 unspecified atom stereocenters.